The maximum absolute atomic E-state index is 12.7. The number of anilines is 2. The van der Waals surface area contributed by atoms with Gasteiger partial charge in [0.25, 0.3) is 5.91 Å². The molecular formula is C19H18F3N3O4. The fourth-order valence-electron chi connectivity index (χ4n) is 2.18. The molecule has 2 aromatic rings. The number of ether oxygens (including phenoxy) is 1. The molecule has 0 unspecified atom stereocenters. The van der Waals surface area contributed by atoms with Crippen molar-refractivity contribution in [3.63, 3.8) is 0 Å². The monoisotopic (exact) mass is 409 g/mol. The van der Waals surface area contributed by atoms with Crippen LogP contribution in [0.3, 0.4) is 0 Å². The largest absolute Gasteiger partial charge is 0.454 e. The third-order valence-electron chi connectivity index (χ3n) is 3.55. The van der Waals surface area contributed by atoms with E-state index in [0.29, 0.717) is 5.69 Å². The molecular weight excluding hydrogens is 391 g/mol. The average molecular weight is 409 g/mol. The van der Waals surface area contributed by atoms with Gasteiger partial charge in [0.2, 0.25) is 0 Å². The molecule has 7 nitrogen and oxygen atoms in total. The molecule has 0 fully saturated rings. The summed E-state index contributed by atoms with van der Waals surface area (Å²) in [6.45, 7) is 0.638. The first kappa shape index (κ1) is 21.7. The Balaban J connectivity index is 1.79. The molecule has 154 valence electrons. The maximum atomic E-state index is 12.7. The number of urea groups is 1. The highest BCUT2D eigenvalue weighted by Crippen LogP contribution is 2.30. The quantitative estimate of drug-likeness (QED) is 0.637. The minimum atomic E-state index is -4.55. The third-order valence-corrected chi connectivity index (χ3v) is 3.55. The Hall–Kier alpha value is -3.56. The van der Waals surface area contributed by atoms with Gasteiger partial charge in [-0.05, 0) is 37.3 Å². The summed E-state index contributed by atoms with van der Waals surface area (Å²) in [5, 5.41) is 7.06. The first-order valence-corrected chi connectivity index (χ1v) is 8.41. The van der Waals surface area contributed by atoms with Gasteiger partial charge in [0, 0.05) is 11.4 Å². The van der Waals surface area contributed by atoms with E-state index in [-0.39, 0.29) is 5.69 Å². The zero-order chi connectivity index (χ0) is 21.4. The van der Waals surface area contributed by atoms with Gasteiger partial charge in [0.15, 0.2) is 6.61 Å². The van der Waals surface area contributed by atoms with E-state index >= 15 is 0 Å². The summed E-state index contributed by atoms with van der Waals surface area (Å²) < 4.78 is 42.8. The Bertz CT molecular complexity index is 873. The highest BCUT2D eigenvalue weighted by Gasteiger charge is 2.30. The van der Waals surface area contributed by atoms with E-state index in [1.807, 2.05) is 0 Å². The van der Waals surface area contributed by atoms with Crippen LogP contribution in [0.2, 0.25) is 0 Å². The van der Waals surface area contributed by atoms with Gasteiger partial charge in [-0.3, -0.25) is 4.79 Å². The normalized spacial score (nSPS) is 11.9. The third kappa shape index (κ3) is 7.17. The molecule has 0 bridgehead atoms. The van der Waals surface area contributed by atoms with Gasteiger partial charge in [-0.15, -0.1) is 0 Å². The first-order valence-electron chi connectivity index (χ1n) is 8.41. The molecule has 0 aromatic heterocycles. The van der Waals surface area contributed by atoms with E-state index in [1.165, 1.54) is 13.0 Å². The highest BCUT2D eigenvalue weighted by atomic mass is 19.4. The van der Waals surface area contributed by atoms with Gasteiger partial charge in [-0.1, -0.05) is 24.3 Å². The molecule has 0 spiro atoms. The number of rotatable bonds is 6. The van der Waals surface area contributed by atoms with Gasteiger partial charge in [0.1, 0.15) is 6.04 Å². The molecule has 0 saturated heterocycles. The number of carbonyl (C=O) groups is 3. The molecule has 0 heterocycles. The number of benzene rings is 2. The molecule has 0 aliphatic rings. The summed E-state index contributed by atoms with van der Waals surface area (Å²) in [5.41, 5.74) is -0.491. The lowest BCUT2D eigenvalue weighted by Crippen LogP contribution is -2.42. The van der Waals surface area contributed by atoms with Crippen molar-refractivity contribution in [2.75, 3.05) is 17.2 Å². The molecule has 0 aliphatic heterocycles. The Labute approximate surface area is 164 Å². The van der Waals surface area contributed by atoms with E-state index in [4.69, 9.17) is 4.74 Å². The van der Waals surface area contributed by atoms with Crippen molar-refractivity contribution in [2.24, 2.45) is 0 Å². The lowest BCUT2D eigenvalue weighted by atomic mass is 10.2. The van der Waals surface area contributed by atoms with Gasteiger partial charge < -0.3 is 20.7 Å². The second kappa shape index (κ2) is 9.58. The zero-order valence-corrected chi connectivity index (χ0v) is 15.2. The number of halogens is 3. The summed E-state index contributed by atoms with van der Waals surface area (Å²) in [6.07, 6.45) is -4.55. The molecule has 1 atom stereocenters. The summed E-state index contributed by atoms with van der Waals surface area (Å²) in [7, 11) is 0. The van der Waals surface area contributed by atoms with E-state index in [9.17, 15) is 27.6 Å². The average Bonchev–Trinajstić information content (AvgIpc) is 2.66. The van der Waals surface area contributed by atoms with Crippen LogP contribution in [0, 0.1) is 0 Å². The minimum Gasteiger partial charge on any atom is -0.454 e. The Morgan fingerprint density at radius 3 is 2.28 bits per heavy atom. The van der Waals surface area contributed by atoms with Crippen LogP contribution in [0.1, 0.15) is 12.5 Å². The van der Waals surface area contributed by atoms with Crippen molar-refractivity contribution in [2.45, 2.75) is 19.1 Å². The molecule has 10 heteroatoms. The Kier molecular flexibility index (Phi) is 7.18. The number of para-hydroxylation sites is 1. The first-order chi connectivity index (χ1) is 13.6. The summed E-state index contributed by atoms with van der Waals surface area (Å²) in [5.74, 6) is -1.70. The highest BCUT2D eigenvalue weighted by molar-refractivity contribution is 5.94. The van der Waals surface area contributed by atoms with Gasteiger partial charge in [0.05, 0.1) is 5.56 Å². The standard InChI is InChI=1S/C19H18F3N3O4/c1-12(23-18(28)25-14-7-3-2-4-8-14)17(27)29-11-16(26)24-15-9-5-6-13(10-15)19(20,21)22/h2-10,12H,11H2,1H3,(H,24,26)(H2,23,25,28)/t12-/m0/s1. The van der Waals surface area contributed by atoms with Crippen molar-refractivity contribution in [1.29, 1.82) is 0 Å². The number of nitrogens with one attached hydrogen (secondary N) is 3. The predicted octanol–water partition coefficient (Wildman–Crippen LogP) is 3.40. The molecule has 0 saturated carbocycles. The SMILES string of the molecule is C[C@H](NC(=O)Nc1ccccc1)C(=O)OCC(=O)Nc1cccc(C(F)(F)F)c1. The Morgan fingerprint density at radius 2 is 1.62 bits per heavy atom. The van der Waals surface area contributed by atoms with Gasteiger partial charge in [-0.2, -0.15) is 13.2 Å². The number of hydrogen-bond acceptors (Lipinski definition) is 4. The lowest BCUT2D eigenvalue weighted by molar-refractivity contribution is -0.148. The van der Waals surface area contributed by atoms with Crippen molar-refractivity contribution in [3.8, 4) is 0 Å². The van der Waals surface area contributed by atoms with Crippen LogP contribution in [0.15, 0.2) is 54.6 Å². The lowest BCUT2D eigenvalue weighted by Gasteiger charge is -2.14. The smallest absolute Gasteiger partial charge is 0.416 e. The van der Waals surface area contributed by atoms with Crippen LogP contribution in [-0.4, -0.2) is 30.6 Å². The van der Waals surface area contributed by atoms with Crippen LogP contribution in [0.4, 0.5) is 29.3 Å². The zero-order valence-electron chi connectivity index (χ0n) is 15.2. The van der Waals surface area contributed by atoms with E-state index in [0.717, 1.165) is 18.2 Å². The summed E-state index contributed by atoms with van der Waals surface area (Å²) in [6, 6.07) is 10.9. The minimum absolute atomic E-state index is 0.0886. The Morgan fingerprint density at radius 1 is 0.966 bits per heavy atom. The molecule has 2 aromatic carbocycles. The molecule has 29 heavy (non-hydrogen) atoms. The van der Waals surface area contributed by atoms with E-state index in [1.54, 1.807) is 30.3 Å². The van der Waals surface area contributed by atoms with E-state index < -0.39 is 42.3 Å². The molecule has 0 radical (unpaired) electrons. The van der Waals surface area contributed by atoms with Crippen LogP contribution >= 0.6 is 0 Å². The summed E-state index contributed by atoms with van der Waals surface area (Å²) >= 11 is 0. The molecule has 3 amide bonds. The van der Waals surface area contributed by atoms with Crippen molar-refractivity contribution in [1.82, 2.24) is 5.32 Å². The summed E-state index contributed by atoms with van der Waals surface area (Å²) in [4.78, 5) is 35.5. The molecule has 0 aliphatic carbocycles. The van der Waals surface area contributed by atoms with Crippen LogP contribution in [0.25, 0.3) is 0 Å². The van der Waals surface area contributed by atoms with Crippen LogP contribution < -0.4 is 16.0 Å². The molecule has 2 rings (SSSR count). The fraction of sp³-hybridized carbons (Fsp3) is 0.211. The van der Waals surface area contributed by atoms with Crippen molar-refractivity contribution in [3.05, 3.63) is 60.2 Å². The topological polar surface area (TPSA) is 96.5 Å². The number of alkyl halides is 3. The number of amides is 3. The van der Waals surface area contributed by atoms with E-state index in [2.05, 4.69) is 16.0 Å². The maximum Gasteiger partial charge on any atom is 0.416 e. The predicted molar refractivity (Wildman–Crippen MR) is 99.1 cm³/mol. The molecule has 3 N–H and O–H groups in total. The second-order valence-corrected chi connectivity index (χ2v) is 5.92. The fourth-order valence-corrected chi connectivity index (χ4v) is 2.18. The number of hydrogen-bond donors (Lipinski definition) is 3. The van der Waals surface area contributed by atoms with Crippen LogP contribution in [0.5, 0.6) is 0 Å². The van der Waals surface area contributed by atoms with Crippen molar-refractivity contribution >= 4 is 29.3 Å². The number of esters is 1. The van der Waals surface area contributed by atoms with Gasteiger partial charge in [-0.25, -0.2) is 9.59 Å². The van der Waals surface area contributed by atoms with Gasteiger partial charge >= 0.3 is 18.2 Å². The second-order valence-electron chi connectivity index (χ2n) is 5.92. The van der Waals surface area contributed by atoms with Crippen molar-refractivity contribution < 1.29 is 32.3 Å². The van der Waals surface area contributed by atoms with Crippen LogP contribution in [-0.2, 0) is 20.5 Å². The number of carbonyl (C=O) groups excluding carboxylic acids is 3.